The monoisotopic (exact) mass is 406 g/mol. The highest BCUT2D eigenvalue weighted by molar-refractivity contribution is 7.81. The Morgan fingerprint density at radius 1 is 0.731 bits per heavy atom. The third-order valence-electron chi connectivity index (χ3n) is 4.45. The molecule has 2 aliphatic heterocycles. The van der Waals surface area contributed by atoms with Crippen molar-refractivity contribution in [2.24, 2.45) is 0 Å². The molecule has 0 aliphatic carbocycles. The number of fused-ring (bicyclic) bond motifs is 2. The zero-order valence-electron chi connectivity index (χ0n) is 15.2. The van der Waals surface area contributed by atoms with Gasteiger partial charge in [-0.25, -0.2) is 0 Å². The van der Waals surface area contributed by atoms with E-state index in [4.69, 9.17) is 31.2 Å². The van der Waals surface area contributed by atoms with Crippen LogP contribution in [-0.2, 0) is 0 Å². The van der Waals surface area contributed by atoms with Crippen molar-refractivity contribution in [1.29, 1.82) is 0 Å². The second kappa shape index (κ2) is 6.96. The Morgan fingerprint density at radius 3 is 1.54 bits per heavy atom. The molecule has 4 nitrogen and oxygen atoms in total. The van der Waals surface area contributed by atoms with Crippen molar-refractivity contribution < 1.29 is 18.9 Å². The van der Waals surface area contributed by atoms with Crippen LogP contribution in [0.4, 0.5) is 0 Å². The van der Waals surface area contributed by atoms with E-state index in [0.717, 1.165) is 39.0 Å². The zero-order valence-corrected chi connectivity index (χ0v) is 17.8. The molecule has 2 aliphatic rings. The van der Waals surface area contributed by atoms with Gasteiger partial charge in [-0.05, 0) is 61.5 Å². The number of thiocarbonyl (C=S) groups is 1. The van der Waals surface area contributed by atoms with Crippen molar-refractivity contribution in [3.05, 3.63) is 35.4 Å². The van der Waals surface area contributed by atoms with Gasteiger partial charge in [0, 0.05) is 11.1 Å². The Hall–Kier alpha value is -1.41. The number of rotatable bonds is 4. The third kappa shape index (κ3) is 2.87. The van der Waals surface area contributed by atoms with E-state index in [1.54, 1.807) is 0 Å². The molecular weight excluding hydrogens is 386 g/mol. The maximum atomic E-state index is 6.03. The molecule has 7 heteroatoms. The van der Waals surface area contributed by atoms with E-state index in [2.05, 4.69) is 38.8 Å². The molecule has 0 bridgehead atoms. The summed E-state index contributed by atoms with van der Waals surface area (Å²) >= 11 is 6.03. The molecule has 0 atom stereocenters. The SMILES string of the molecule is CP(C)c1ccc2c(c1C(=S)c1c(P(C)C)ccc3c1OCO3)OCO2. The van der Waals surface area contributed by atoms with Crippen LogP contribution >= 0.6 is 28.1 Å². The highest BCUT2D eigenvalue weighted by atomic mass is 32.1. The van der Waals surface area contributed by atoms with E-state index in [1.165, 1.54) is 10.6 Å². The minimum Gasteiger partial charge on any atom is -0.454 e. The predicted octanol–water partition coefficient (Wildman–Crippen LogP) is 3.64. The fourth-order valence-electron chi connectivity index (χ4n) is 3.23. The van der Waals surface area contributed by atoms with Crippen molar-refractivity contribution in [3.8, 4) is 23.0 Å². The molecule has 2 heterocycles. The van der Waals surface area contributed by atoms with E-state index < -0.39 is 0 Å². The Kier molecular flexibility index (Phi) is 4.81. The van der Waals surface area contributed by atoms with E-state index in [0.29, 0.717) is 0 Å². The molecule has 0 saturated carbocycles. The quantitative estimate of drug-likeness (QED) is 0.440. The highest BCUT2D eigenvalue weighted by Gasteiger charge is 2.31. The van der Waals surface area contributed by atoms with Crippen LogP contribution in [0.2, 0.25) is 0 Å². The van der Waals surface area contributed by atoms with Gasteiger partial charge in [0.1, 0.15) is 0 Å². The summed E-state index contributed by atoms with van der Waals surface area (Å²) in [5, 5.41) is 2.43. The summed E-state index contributed by atoms with van der Waals surface area (Å²) in [5.41, 5.74) is 1.93. The summed E-state index contributed by atoms with van der Waals surface area (Å²) in [6, 6.07) is 8.19. The van der Waals surface area contributed by atoms with Crippen LogP contribution in [-0.4, -0.2) is 45.1 Å². The van der Waals surface area contributed by atoms with Gasteiger partial charge in [-0.3, -0.25) is 0 Å². The standard InChI is InChI=1S/C19H20O4P2S/c1-24(2)13-7-5-11-17(22-9-20-11)15(13)19(26)16-14(25(3)4)8-6-12-18(16)23-10-21-12/h5-8H,9-10H2,1-4H3. The van der Waals surface area contributed by atoms with Crippen molar-refractivity contribution in [2.45, 2.75) is 0 Å². The van der Waals surface area contributed by atoms with Gasteiger partial charge < -0.3 is 18.9 Å². The first kappa shape index (κ1) is 18.0. The van der Waals surface area contributed by atoms with Gasteiger partial charge in [-0.15, -0.1) is 0 Å². The first-order chi connectivity index (χ1) is 12.5. The van der Waals surface area contributed by atoms with Gasteiger partial charge in [-0.1, -0.05) is 28.1 Å². The second-order valence-corrected chi connectivity index (χ2v) is 11.5. The van der Waals surface area contributed by atoms with E-state index in [1.807, 2.05) is 12.1 Å². The molecule has 0 N–H and O–H groups in total. The lowest BCUT2D eigenvalue weighted by Crippen LogP contribution is -2.21. The smallest absolute Gasteiger partial charge is 0.231 e. The van der Waals surface area contributed by atoms with Gasteiger partial charge in [-0.2, -0.15) is 0 Å². The topological polar surface area (TPSA) is 36.9 Å². The lowest BCUT2D eigenvalue weighted by Gasteiger charge is -2.20. The van der Waals surface area contributed by atoms with Crippen LogP contribution in [0.5, 0.6) is 23.0 Å². The van der Waals surface area contributed by atoms with Gasteiger partial charge in [0.05, 0.1) is 4.86 Å². The van der Waals surface area contributed by atoms with Gasteiger partial charge in [0.25, 0.3) is 0 Å². The zero-order chi connectivity index (χ0) is 18.4. The van der Waals surface area contributed by atoms with E-state index in [-0.39, 0.29) is 29.4 Å². The Balaban J connectivity index is 1.96. The second-order valence-electron chi connectivity index (χ2n) is 6.50. The molecule has 136 valence electrons. The summed E-state index contributed by atoms with van der Waals surface area (Å²) in [6.45, 7) is 9.35. The molecule has 2 aromatic rings. The van der Waals surface area contributed by atoms with Crippen molar-refractivity contribution in [1.82, 2.24) is 0 Å². The molecule has 4 rings (SSSR count). The molecule has 0 saturated heterocycles. The molecule has 26 heavy (non-hydrogen) atoms. The minimum atomic E-state index is -0.366. The first-order valence-corrected chi connectivity index (χ1v) is 13.1. The largest absolute Gasteiger partial charge is 0.454 e. The van der Waals surface area contributed by atoms with Crippen LogP contribution in [0.1, 0.15) is 11.1 Å². The van der Waals surface area contributed by atoms with E-state index >= 15 is 0 Å². The summed E-state index contributed by atoms with van der Waals surface area (Å²) in [6.07, 6.45) is 0. The molecule has 0 unspecified atom stereocenters. The maximum Gasteiger partial charge on any atom is 0.231 e. The van der Waals surface area contributed by atoms with Crippen LogP contribution in [0.15, 0.2) is 24.3 Å². The number of hydrogen-bond donors (Lipinski definition) is 0. The number of hydrogen-bond acceptors (Lipinski definition) is 5. The average Bonchev–Trinajstić information content (AvgIpc) is 3.27. The van der Waals surface area contributed by atoms with Crippen LogP contribution < -0.4 is 29.6 Å². The third-order valence-corrected chi connectivity index (χ3v) is 7.53. The predicted molar refractivity (Wildman–Crippen MR) is 113 cm³/mol. The van der Waals surface area contributed by atoms with Crippen molar-refractivity contribution in [2.75, 3.05) is 40.2 Å². The molecule has 2 aromatic carbocycles. The lowest BCUT2D eigenvalue weighted by molar-refractivity contribution is 0.174. The van der Waals surface area contributed by atoms with Crippen LogP contribution in [0.25, 0.3) is 0 Å². The Bertz CT molecular complexity index is 824. The Labute approximate surface area is 161 Å². The van der Waals surface area contributed by atoms with Crippen molar-refractivity contribution >= 4 is 43.5 Å². The van der Waals surface area contributed by atoms with Crippen LogP contribution in [0.3, 0.4) is 0 Å². The summed E-state index contributed by atoms with van der Waals surface area (Å²) in [4.78, 5) is 0.757. The molecule has 0 aromatic heterocycles. The molecule has 0 amide bonds. The maximum absolute atomic E-state index is 6.03. The molecular formula is C19H20O4P2S. The fourth-order valence-corrected chi connectivity index (χ4v) is 5.86. The summed E-state index contributed by atoms with van der Waals surface area (Å²) in [5.74, 6) is 3.01. The normalized spacial score (nSPS) is 14.4. The molecule has 0 spiro atoms. The average molecular weight is 406 g/mol. The number of benzene rings is 2. The van der Waals surface area contributed by atoms with Gasteiger partial charge >= 0.3 is 0 Å². The molecule has 0 fully saturated rings. The van der Waals surface area contributed by atoms with Gasteiger partial charge in [0.2, 0.25) is 13.6 Å². The highest BCUT2D eigenvalue weighted by Crippen LogP contribution is 2.45. The fraction of sp³-hybridized carbons (Fsp3) is 0.316. The minimum absolute atomic E-state index is 0.230. The number of ether oxygens (including phenoxy) is 4. The molecule has 0 radical (unpaired) electrons. The first-order valence-electron chi connectivity index (χ1n) is 8.23. The van der Waals surface area contributed by atoms with Gasteiger partial charge in [0.15, 0.2) is 23.0 Å². The lowest BCUT2D eigenvalue weighted by atomic mass is 10.0. The summed E-state index contributed by atoms with van der Waals surface area (Å²) in [7, 11) is -0.733. The van der Waals surface area contributed by atoms with E-state index in [9.17, 15) is 0 Å². The Morgan fingerprint density at radius 2 is 1.15 bits per heavy atom. The summed E-state index contributed by atoms with van der Waals surface area (Å²) < 4.78 is 22.8. The van der Waals surface area contributed by atoms with Crippen molar-refractivity contribution in [3.63, 3.8) is 0 Å². The van der Waals surface area contributed by atoms with Crippen LogP contribution in [0, 0.1) is 0 Å².